The molecule has 0 spiro atoms. The Kier molecular flexibility index (Phi) is 6.56. The molecule has 1 N–H and O–H groups in total. The molecule has 1 aliphatic heterocycles. The predicted octanol–water partition coefficient (Wildman–Crippen LogP) is 4.90. The van der Waals surface area contributed by atoms with Crippen LogP contribution in [0.1, 0.15) is 79.4 Å². The van der Waals surface area contributed by atoms with Crippen LogP contribution in [0.4, 0.5) is 0 Å². The number of benzene rings is 1. The Balaban J connectivity index is 1.14. The zero-order valence-electron chi connectivity index (χ0n) is 18.8. The first kappa shape index (κ1) is 21.6. The molecule has 170 valence electrons. The lowest BCUT2D eigenvalue weighted by Gasteiger charge is -2.31. The van der Waals surface area contributed by atoms with Crippen LogP contribution >= 0.6 is 0 Å². The highest BCUT2D eigenvalue weighted by molar-refractivity contribution is 5.75. The van der Waals surface area contributed by atoms with Crippen LogP contribution in [0.3, 0.4) is 0 Å². The first-order valence-corrected chi connectivity index (χ1v) is 12.3. The predicted molar refractivity (Wildman–Crippen MR) is 124 cm³/mol. The fourth-order valence-electron chi connectivity index (χ4n) is 5.84. The van der Waals surface area contributed by atoms with E-state index < -0.39 is 12.0 Å². The van der Waals surface area contributed by atoms with Crippen LogP contribution in [0.2, 0.25) is 0 Å². The number of carboxylic acid groups (broad SMARTS) is 1. The number of rotatable bonds is 6. The number of fused-ring (bicyclic) bond motifs is 1. The van der Waals surface area contributed by atoms with Crippen molar-refractivity contribution < 1.29 is 14.6 Å². The van der Waals surface area contributed by atoms with Crippen LogP contribution in [0.5, 0.6) is 0 Å². The van der Waals surface area contributed by atoms with Gasteiger partial charge in [-0.2, -0.15) is 0 Å². The summed E-state index contributed by atoms with van der Waals surface area (Å²) in [5.74, 6) is -0.230. The average molecular weight is 435 g/mol. The molecule has 3 aliphatic rings. The molecule has 2 heterocycles. The maximum atomic E-state index is 12.0. The number of aromatic nitrogens is 1. The van der Waals surface area contributed by atoms with Crippen molar-refractivity contribution in [1.82, 2.24) is 9.88 Å². The van der Waals surface area contributed by atoms with Gasteiger partial charge in [-0.05, 0) is 75.0 Å². The summed E-state index contributed by atoms with van der Waals surface area (Å²) in [4.78, 5) is 19.1. The third-order valence-electron chi connectivity index (χ3n) is 7.57. The van der Waals surface area contributed by atoms with Gasteiger partial charge in [0.2, 0.25) is 0 Å². The van der Waals surface area contributed by atoms with E-state index in [1.807, 2.05) is 30.3 Å². The van der Waals surface area contributed by atoms with E-state index in [-0.39, 0.29) is 12.2 Å². The van der Waals surface area contributed by atoms with E-state index in [0.717, 1.165) is 50.6 Å². The highest BCUT2D eigenvalue weighted by atomic mass is 16.5. The minimum Gasteiger partial charge on any atom is -0.480 e. The van der Waals surface area contributed by atoms with Gasteiger partial charge in [-0.3, -0.25) is 14.7 Å². The number of nitrogens with zero attached hydrogens (tertiary/aromatic N) is 2. The Labute approximate surface area is 190 Å². The summed E-state index contributed by atoms with van der Waals surface area (Å²) < 4.78 is 6.47. The molecule has 2 fully saturated rings. The number of carbonyl (C=O) groups is 1. The van der Waals surface area contributed by atoms with Crippen molar-refractivity contribution >= 4 is 5.97 Å². The Morgan fingerprint density at radius 1 is 0.969 bits per heavy atom. The van der Waals surface area contributed by atoms with Crippen molar-refractivity contribution in [2.45, 2.75) is 82.0 Å². The summed E-state index contributed by atoms with van der Waals surface area (Å²) in [7, 11) is 0. The van der Waals surface area contributed by atoms with Crippen molar-refractivity contribution in [3.05, 3.63) is 65.0 Å². The largest absolute Gasteiger partial charge is 0.480 e. The lowest BCUT2D eigenvalue weighted by Crippen LogP contribution is -2.34. The number of hydrogen-bond donors (Lipinski definition) is 1. The Hall–Kier alpha value is -2.24. The molecule has 2 atom stereocenters. The van der Waals surface area contributed by atoms with Crippen molar-refractivity contribution in [3.8, 4) is 0 Å². The van der Waals surface area contributed by atoms with Crippen LogP contribution in [-0.4, -0.2) is 46.3 Å². The van der Waals surface area contributed by atoms with Gasteiger partial charge in [-0.15, -0.1) is 0 Å². The quantitative estimate of drug-likeness (QED) is 0.700. The molecule has 0 amide bonds. The van der Waals surface area contributed by atoms with Gasteiger partial charge in [0.1, 0.15) is 6.04 Å². The third-order valence-corrected chi connectivity index (χ3v) is 7.57. The second-order valence-electron chi connectivity index (χ2n) is 9.72. The molecule has 0 radical (unpaired) electrons. The van der Waals surface area contributed by atoms with Crippen molar-refractivity contribution in [1.29, 1.82) is 0 Å². The first-order valence-electron chi connectivity index (χ1n) is 12.3. The number of pyridine rings is 1. The molecular weight excluding hydrogens is 400 g/mol. The normalized spacial score (nSPS) is 27.1. The summed E-state index contributed by atoms with van der Waals surface area (Å²) in [5, 5.41) is 9.82. The smallest absolute Gasteiger partial charge is 0.325 e. The molecule has 0 bridgehead atoms. The fourth-order valence-corrected chi connectivity index (χ4v) is 5.84. The molecule has 2 aromatic rings. The molecule has 32 heavy (non-hydrogen) atoms. The standard InChI is InChI=1S/C27H34N2O3/c30-27(31)26(21-7-2-1-3-8-21)29-17-16-23(18-29)32-22-13-10-20(11-14-22)25-15-12-19-6-4-5-9-24(19)28-25/h1-3,7-8,12,15,20,22-23,26H,4-6,9-11,13-14,16-18H2,(H,30,31)/t20?,22?,23-,26+/m1/s1. The Morgan fingerprint density at radius 2 is 1.75 bits per heavy atom. The fraction of sp³-hybridized carbons (Fsp3) is 0.556. The average Bonchev–Trinajstić information content (AvgIpc) is 3.27. The SMILES string of the molecule is O=C(O)[C@H](c1ccccc1)N1CC[C@@H](OC2CCC(c3ccc4c(n3)CCCC4)CC2)C1. The second-order valence-corrected chi connectivity index (χ2v) is 9.72. The van der Waals surface area contributed by atoms with E-state index in [4.69, 9.17) is 9.72 Å². The zero-order chi connectivity index (χ0) is 21.9. The zero-order valence-corrected chi connectivity index (χ0v) is 18.8. The van der Waals surface area contributed by atoms with Crippen molar-refractivity contribution in [2.75, 3.05) is 13.1 Å². The van der Waals surface area contributed by atoms with E-state index in [1.54, 1.807) is 0 Å². The van der Waals surface area contributed by atoms with E-state index >= 15 is 0 Å². The molecule has 1 aromatic heterocycles. The molecule has 5 rings (SSSR count). The minimum atomic E-state index is -0.782. The summed E-state index contributed by atoms with van der Waals surface area (Å²) in [6, 6.07) is 13.5. The number of likely N-dealkylation sites (tertiary alicyclic amines) is 1. The Bertz CT molecular complexity index is 924. The van der Waals surface area contributed by atoms with Gasteiger partial charge in [0.25, 0.3) is 0 Å². The van der Waals surface area contributed by atoms with E-state index in [1.165, 1.54) is 36.2 Å². The molecule has 1 saturated heterocycles. The second kappa shape index (κ2) is 9.72. The van der Waals surface area contributed by atoms with Gasteiger partial charge in [0.15, 0.2) is 0 Å². The minimum absolute atomic E-state index is 0.129. The summed E-state index contributed by atoms with van der Waals surface area (Å²) in [6.07, 6.45) is 10.6. The van der Waals surface area contributed by atoms with Gasteiger partial charge in [-0.1, -0.05) is 36.4 Å². The summed E-state index contributed by atoms with van der Waals surface area (Å²) >= 11 is 0. The molecule has 5 heteroatoms. The van der Waals surface area contributed by atoms with Gasteiger partial charge in [0, 0.05) is 30.4 Å². The highest BCUT2D eigenvalue weighted by Crippen LogP contribution is 2.36. The molecular formula is C27H34N2O3. The molecule has 0 unspecified atom stereocenters. The summed E-state index contributed by atoms with van der Waals surface area (Å²) in [6.45, 7) is 1.46. The lowest BCUT2D eigenvalue weighted by atomic mass is 9.84. The van der Waals surface area contributed by atoms with Gasteiger partial charge < -0.3 is 9.84 Å². The topological polar surface area (TPSA) is 62.7 Å². The molecule has 1 saturated carbocycles. The molecule has 2 aliphatic carbocycles. The number of aliphatic carboxylic acids is 1. The van der Waals surface area contributed by atoms with Crippen LogP contribution in [0, 0.1) is 0 Å². The molecule has 1 aromatic carbocycles. The van der Waals surface area contributed by atoms with Crippen LogP contribution in [-0.2, 0) is 22.4 Å². The van der Waals surface area contributed by atoms with Crippen LogP contribution < -0.4 is 0 Å². The first-order chi connectivity index (χ1) is 15.7. The maximum absolute atomic E-state index is 12.0. The van der Waals surface area contributed by atoms with Gasteiger partial charge in [-0.25, -0.2) is 0 Å². The highest BCUT2D eigenvalue weighted by Gasteiger charge is 2.35. The number of hydrogen-bond acceptors (Lipinski definition) is 4. The lowest BCUT2D eigenvalue weighted by molar-refractivity contribution is -0.143. The van der Waals surface area contributed by atoms with Gasteiger partial charge in [0.05, 0.1) is 12.2 Å². The Morgan fingerprint density at radius 3 is 2.53 bits per heavy atom. The monoisotopic (exact) mass is 434 g/mol. The van der Waals surface area contributed by atoms with Crippen LogP contribution in [0.15, 0.2) is 42.5 Å². The van der Waals surface area contributed by atoms with Gasteiger partial charge >= 0.3 is 5.97 Å². The van der Waals surface area contributed by atoms with Crippen molar-refractivity contribution in [3.63, 3.8) is 0 Å². The summed E-state index contributed by atoms with van der Waals surface area (Å²) in [5.41, 5.74) is 4.92. The molecule has 5 nitrogen and oxygen atoms in total. The van der Waals surface area contributed by atoms with E-state index in [0.29, 0.717) is 12.5 Å². The van der Waals surface area contributed by atoms with E-state index in [2.05, 4.69) is 17.0 Å². The number of aryl methyl sites for hydroxylation is 2. The number of carboxylic acids is 1. The maximum Gasteiger partial charge on any atom is 0.325 e. The van der Waals surface area contributed by atoms with E-state index in [9.17, 15) is 9.90 Å². The van der Waals surface area contributed by atoms with Crippen molar-refractivity contribution in [2.24, 2.45) is 0 Å². The van der Waals surface area contributed by atoms with Crippen LogP contribution in [0.25, 0.3) is 0 Å². The third kappa shape index (κ3) is 4.74. The number of ether oxygens (including phenoxy) is 1.